The summed E-state index contributed by atoms with van der Waals surface area (Å²) in [6, 6.07) is 14.4. The van der Waals surface area contributed by atoms with Gasteiger partial charge in [0.25, 0.3) is 6.01 Å². The summed E-state index contributed by atoms with van der Waals surface area (Å²) in [5.74, 6) is 1.53. The number of hydrogen-bond acceptors (Lipinski definition) is 6. The van der Waals surface area contributed by atoms with Gasteiger partial charge in [-0.25, -0.2) is 0 Å². The van der Waals surface area contributed by atoms with Crippen LogP contribution in [0.2, 0.25) is 0 Å². The van der Waals surface area contributed by atoms with Crippen molar-refractivity contribution in [2.24, 2.45) is 5.92 Å². The largest absolute Gasteiger partial charge is 0.423 e. The third-order valence-electron chi connectivity index (χ3n) is 6.84. The van der Waals surface area contributed by atoms with E-state index in [1.54, 1.807) is 0 Å². The van der Waals surface area contributed by atoms with E-state index in [4.69, 9.17) is 4.42 Å². The first-order chi connectivity index (χ1) is 15.8. The predicted octanol–water partition coefficient (Wildman–Crippen LogP) is 3.49. The Kier molecular flexibility index (Phi) is 4.78. The summed E-state index contributed by atoms with van der Waals surface area (Å²) in [6.07, 6.45) is 5.70. The molecule has 5 heterocycles. The lowest BCUT2D eigenvalue weighted by molar-refractivity contribution is -0.137. The molecule has 2 aliphatic heterocycles. The Morgan fingerprint density at radius 2 is 1.81 bits per heavy atom. The number of nitrogens with zero attached hydrogens (tertiary/aromatic N) is 6. The molecule has 8 heteroatoms. The minimum atomic E-state index is 0.0597. The summed E-state index contributed by atoms with van der Waals surface area (Å²) in [7, 11) is 0. The smallest absolute Gasteiger partial charge is 0.298 e. The van der Waals surface area contributed by atoms with Gasteiger partial charge >= 0.3 is 0 Å². The number of amides is 1. The molecule has 0 aliphatic carbocycles. The number of pyridine rings is 1. The first-order valence-corrected chi connectivity index (χ1v) is 11.5. The number of carbonyl (C=O) groups is 1. The Morgan fingerprint density at radius 1 is 0.969 bits per heavy atom. The average Bonchev–Trinajstić information content (AvgIpc) is 3.48. The summed E-state index contributed by atoms with van der Waals surface area (Å²) in [5.41, 5.74) is 2.54. The number of piperidine rings is 2. The van der Waals surface area contributed by atoms with Gasteiger partial charge in [0.15, 0.2) is 11.2 Å². The molecule has 32 heavy (non-hydrogen) atoms. The van der Waals surface area contributed by atoms with E-state index in [-0.39, 0.29) is 17.7 Å². The number of hydrogen-bond donors (Lipinski definition) is 0. The molecule has 4 aromatic rings. The molecular weight excluding hydrogens is 404 g/mol. The molecule has 0 saturated carbocycles. The molecular formula is C24H26N6O2. The highest BCUT2D eigenvalue weighted by Crippen LogP contribution is 2.30. The van der Waals surface area contributed by atoms with Crippen molar-refractivity contribution in [1.82, 2.24) is 24.5 Å². The molecule has 1 unspecified atom stereocenters. The lowest BCUT2D eigenvalue weighted by atomic mass is 9.92. The highest BCUT2D eigenvalue weighted by atomic mass is 16.4. The van der Waals surface area contributed by atoms with Gasteiger partial charge in [0.1, 0.15) is 11.3 Å². The van der Waals surface area contributed by atoms with Crippen molar-refractivity contribution in [1.29, 1.82) is 0 Å². The lowest BCUT2D eigenvalue weighted by Gasteiger charge is -2.37. The molecule has 0 spiro atoms. The number of oxazole rings is 1. The SMILES string of the molecule is O=C(C1CCN(c2nc3ccccc3o2)CC1)N1CCCC(c2nnc3ccccn23)C1. The Morgan fingerprint density at radius 3 is 2.69 bits per heavy atom. The van der Waals surface area contributed by atoms with Gasteiger partial charge in [0.05, 0.1) is 0 Å². The standard InChI is InChI=1S/C24H26N6O2/c31-23(17-10-14-28(15-11-17)24-25-19-7-1-2-8-20(19)32-24)29-12-5-6-18(16-29)22-27-26-21-9-3-4-13-30(21)22/h1-4,7-9,13,17-18H,5-6,10-12,14-16H2. The zero-order valence-corrected chi connectivity index (χ0v) is 17.9. The van der Waals surface area contributed by atoms with Crippen molar-refractivity contribution in [3.63, 3.8) is 0 Å². The van der Waals surface area contributed by atoms with Gasteiger partial charge in [-0.2, -0.15) is 4.98 Å². The molecule has 2 aliphatic rings. The fourth-order valence-electron chi connectivity index (χ4n) is 5.10. The molecule has 0 N–H and O–H groups in total. The topological polar surface area (TPSA) is 79.8 Å². The van der Waals surface area contributed by atoms with Crippen LogP contribution in [-0.2, 0) is 4.79 Å². The van der Waals surface area contributed by atoms with E-state index in [9.17, 15) is 4.79 Å². The van der Waals surface area contributed by atoms with Gasteiger partial charge in [-0.15, -0.1) is 10.2 Å². The second-order valence-corrected chi connectivity index (χ2v) is 8.84. The number of carbonyl (C=O) groups excluding carboxylic acids is 1. The summed E-state index contributed by atoms with van der Waals surface area (Å²) in [5, 5.41) is 8.73. The van der Waals surface area contributed by atoms with Crippen LogP contribution in [-0.4, -0.2) is 56.6 Å². The number of benzene rings is 1. The molecule has 2 saturated heterocycles. The second-order valence-electron chi connectivity index (χ2n) is 8.84. The van der Waals surface area contributed by atoms with E-state index in [1.807, 2.05) is 48.7 Å². The minimum absolute atomic E-state index is 0.0597. The van der Waals surface area contributed by atoms with Crippen molar-refractivity contribution in [3.05, 3.63) is 54.5 Å². The van der Waals surface area contributed by atoms with Gasteiger partial charge in [-0.05, 0) is 49.9 Å². The molecule has 0 radical (unpaired) electrons. The number of fused-ring (bicyclic) bond motifs is 2. The van der Waals surface area contributed by atoms with Gasteiger partial charge < -0.3 is 14.2 Å². The number of aromatic nitrogens is 4. The van der Waals surface area contributed by atoms with Crippen LogP contribution in [0.25, 0.3) is 16.7 Å². The van der Waals surface area contributed by atoms with E-state index >= 15 is 0 Å². The zero-order chi connectivity index (χ0) is 21.5. The molecule has 3 aromatic heterocycles. The minimum Gasteiger partial charge on any atom is -0.423 e. The van der Waals surface area contributed by atoms with Crippen LogP contribution in [0.1, 0.15) is 37.4 Å². The highest BCUT2D eigenvalue weighted by Gasteiger charge is 2.34. The van der Waals surface area contributed by atoms with E-state index in [2.05, 4.69) is 29.4 Å². The van der Waals surface area contributed by atoms with Crippen LogP contribution < -0.4 is 4.90 Å². The average molecular weight is 431 g/mol. The van der Waals surface area contributed by atoms with Crippen LogP contribution in [0.4, 0.5) is 6.01 Å². The van der Waals surface area contributed by atoms with Crippen molar-refractivity contribution >= 4 is 28.7 Å². The van der Waals surface area contributed by atoms with Crippen molar-refractivity contribution < 1.29 is 9.21 Å². The van der Waals surface area contributed by atoms with Crippen LogP contribution >= 0.6 is 0 Å². The maximum Gasteiger partial charge on any atom is 0.298 e. The fourth-order valence-corrected chi connectivity index (χ4v) is 5.10. The van der Waals surface area contributed by atoms with Crippen molar-refractivity contribution in [2.75, 3.05) is 31.1 Å². The molecule has 1 aromatic carbocycles. The van der Waals surface area contributed by atoms with Crippen LogP contribution in [0.15, 0.2) is 53.1 Å². The van der Waals surface area contributed by atoms with Gasteiger partial charge in [-0.1, -0.05) is 18.2 Å². The Balaban J connectivity index is 1.11. The lowest BCUT2D eigenvalue weighted by Crippen LogP contribution is -2.46. The normalized spacial score (nSPS) is 20.3. The summed E-state index contributed by atoms with van der Waals surface area (Å²) in [6.45, 7) is 3.13. The Hall–Kier alpha value is -3.42. The number of rotatable bonds is 3. The first-order valence-electron chi connectivity index (χ1n) is 11.5. The predicted molar refractivity (Wildman–Crippen MR) is 120 cm³/mol. The second kappa shape index (κ2) is 7.93. The monoisotopic (exact) mass is 430 g/mol. The van der Waals surface area contributed by atoms with E-state index in [0.29, 0.717) is 6.01 Å². The summed E-state index contributed by atoms with van der Waals surface area (Å²) in [4.78, 5) is 22.2. The van der Waals surface area contributed by atoms with Crippen LogP contribution in [0.5, 0.6) is 0 Å². The molecule has 0 bridgehead atoms. The van der Waals surface area contributed by atoms with Crippen LogP contribution in [0, 0.1) is 5.92 Å². The Bertz CT molecular complexity index is 1220. The maximum absolute atomic E-state index is 13.3. The number of likely N-dealkylation sites (tertiary alicyclic amines) is 1. The van der Waals surface area contributed by atoms with E-state index in [0.717, 1.165) is 74.4 Å². The summed E-state index contributed by atoms with van der Waals surface area (Å²) < 4.78 is 7.97. The third-order valence-corrected chi connectivity index (χ3v) is 6.84. The molecule has 6 rings (SSSR count). The molecule has 164 valence electrons. The van der Waals surface area contributed by atoms with Crippen LogP contribution in [0.3, 0.4) is 0 Å². The Labute approximate surface area is 185 Å². The highest BCUT2D eigenvalue weighted by molar-refractivity contribution is 5.79. The molecule has 2 fully saturated rings. The summed E-state index contributed by atoms with van der Waals surface area (Å²) >= 11 is 0. The maximum atomic E-state index is 13.3. The van der Waals surface area contributed by atoms with Crippen molar-refractivity contribution in [2.45, 2.75) is 31.6 Å². The fraction of sp³-hybridized carbons (Fsp3) is 0.417. The van der Waals surface area contributed by atoms with Gasteiger partial charge in [0.2, 0.25) is 5.91 Å². The van der Waals surface area contributed by atoms with Crippen molar-refractivity contribution in [3.8, 4) is 0 Å². The zero-order valence-electron chi connectivity index (χ0n) is 17.9. The van der Waals surface area contributed by atoms with E-state index in [1.165, 1.54) is 0 Å². The quantitative estimate of drug-likeness (QED) is 0.495. The first kappa shape index (κ1) is 19.3. The van der Waals surface area contributed by atoms with Gasteiger partial charge in [-0.3, -0.25) is 9.20 Å². The molecule has 1 atom stereocenters. The van der Waals surface area contributed by atoms with E-state index < -0.39 is 0 Å². The third kappa shape index (κ3) is 3.39. The number of anilines is 1. The molecule has 8 nitrogen and oxygen atoms in total. The van der Waals surface area contributed by atoms with Gasteiger partial charge in [0, 0.05) is 44.2 Å². The number of para-hydroxylation sites is 2. The molecule has 1 amide bonds.